The first kappa shape index (κ1) is 15.4. The van der Waals surface area contributed by atoms with Gasteiger partial charge in [-0.25, -0.2) is 13.1 Å². The zero-order valence-electron chi connectivity index (χ0n) is 10.2. The molecule has 0 radical (unpaired) electrons. The minimum absolute atomic E-state index is 0.0765. The highest BCUT2D eigenvalue weighted by Crippen LogP contribution is 1.93. The minimum Gasteiger partial charge on any atom is -0.353 e. The fourth-order valence-electron chi connectivity index (χ4n) is 1.01. The largest absolute Gasteiger partial charge is 0.353 e. The number of sulfonamides is 1. The van der Waals surface area contributed by atoms with Crippen molar-refractivity contribution < 1.29 is 13.2 Å². The molecule has 0 aromatic rings. The van der Waals surface area contributed by atoms with Gasteiger partial charge in [-0.1, -0.05) is 20.3 Å². The van der Waals surface area contributed by atoms with Crippen LogP contribution in [0.3, 0.4) is 0 Å². The van der Waals surface area contributed by atoms with Gasteiger partial charge >= 0.3 is 0 Å². The van der Waals surface area contributed by atoms with E-state index in [4.69, 9.17) is 0 Å². The van der Waals surface area contributed by atoms with E-state index < -0.39 is 10.0 Å². The molecule has 0 aliphatic rings. The van der Waals surface area contributed by atoms with Crippen LogP contribution in [-0.2, 0) is 14.8 Å². The van der Waals surface area contributed by atoms with Gasteiger partial charge in [0.2, 0.25) is 15.9 Å². The van der Waals surface area contributed by atoms with Crippen molar-refractivity contribution in [3.05, 3.63) is 0 Å². The third-order valence-electron chi connectivity index (χ3n) is 2.24. The van der Waals surface area contributed by atoms with Crippen molar-refractivity contribution in [3.8, 4) is 0 Å². The Kier molecular flexibility index (Phi) is 7.33. The lowest BCUT2D eigenvalue weighted by molar-refractivity contribution is -0.120. The van der Waals surface area contributed by atoms with Crippen molar-refractivity contribution in [2.45, 2.75) is 46.1 Å². The van der Waals surface area contributed by atoms with Crippen LogP contribution in [0.4, 0.5) is 0 Å². The van der Waals surface area contributed by atoms with Gasteiger partial charge < -0.3 is 5.32 Å². The average Bonchev–Trinajstić information content (AvgIpc) is 2.24. The molecule has 0 rings (SSSR count). The lowest BCUT2D eigenvalue weighted by Crippen LogP contribution is -2.41. The van der Waals surface area contributed by atoms with Crippen LogP contribution in [0.25, 0.3) is 0 Å². The highest BCUT2D eigenvalue weighted by atomic mass is 32.2. The lowest BCUT2D eigenvalue weighted by atomic mass is 10.2. The molecule has 1 unspecified atom stereocenters. The van der Waals surface area contributed by atoms with Gasteiger partial charge in [0, 0.05) is 6.04 Å². The predicted molar refractivity (Wildman–Crippen MR) is 64.6 cm³/mol. The van der Waals surface area contributed by atoms with Crippen LogP contribution in [0, 0.1) is 0 Å². The summed E-state index contributed by atoms with van der Waals surface area (Å²) >= 11 is 0. The Balaban J connectivity index is 3.91. The topological polar surface area (TPSA) is 75.3 Å². The number of unbranched alkanes of at least 4 members (excludes halogenated alkanes) is 1. The van der Waals surface area contributed by atoms with Gasteiger partial charge in [0.05, 0.1) is 12.3 Å². The molecular weight excluding hydrogens is 228 g/mol. The maximum absolute atomic E-state index is 11.4. The van der Waals surface area contributed by atoms with E-state index in [1.807, 2.05) is 20.8 Å². The first-order chi connectivity index (χ1) is 7.41. The number of hydrogen-bond donors (Lipinski definition) is 2. The van der Waals surface area contributed by atoms with E-state index in [-0.39, 0.29) is 24.2 Å². The summed E-state index contributed by atoms with van der Waals surface area (Å²) in [6, 6.07) is 0.0765. The maximum Gasteiger partial charge on any atom is 0.235 e. The average molecular weight is 250 g/mol. The number of nitrogens with one attached hydrogen (secondary N) is 2. The van der Waals surface area contributed by atoms with Crippen LogP contribution in [0.1, 0.15) is 40.0 Å². The quantitative estimate of drug-likeness (QED) is 0.663. The van der Waals surface area contributed by atoms with Crippen molar-refractivity contribution in [1.82, 2.24) is 10.0 Å². The molecule has 2 N–H and O–H groups in total. The molecule has 0 aromatic carbocycles. The Morgan fingerprint density at radius 1 is 1.31 bits per heavy atom. The highest BCUT2D eigenvalue weighted by Gasteiger charge is 2.12. The van der Waals surface area contributed by atoms with Crippen molar-refractivity contribution in [1.29, 1.82) is 0 Å². The molecule has 0 fully saturated rings. The van der Waals surface area contributed by atoms with E-state index in [1.54, 1.807) is 0 Å². The van der Waals surface area contributed by atoms with Gasteiger partial charge in [-0.3, -0.25) is 4.79 Å². The molecule has 1 amide bonds. The Morgan fingerprint density at radius 3 is 2.44 bits per heavy atom. The van der Waals surface area contributed by atoms with Gasteiger partial charge in [0.25, 0.3) is 0 Å². The van der Waals surface area contributed by atoms with Crippen LogP contribution < -0.4 is 10.0 Å². The molecule has 5 nitrogen and oxygen atoms in total. The Hall–Kier alpha value is -0.620. The summed E-state index contributed by atoms with van der Waals surface area (Å²) in [5.74, 6) is -0.199. The predicted octanol–water partition coefficient (Wildman–Crippen LogP) is 0.621. The van der Waals surface area contributed by atoms with Crippen LogP contribution in [0.15, 0.2) is 0 Å². The van der Waals surface area contributed by atoms with Crippen molar-refractivity contribution in [2.75, 3.05) is 12.3 Å². The summed E-state index contributed by atoms with van der Waals surface area (Å²) < 4.78 is 25.0. The van der Waals surface area contributed by atoms with E-state index in [1.165, 1.54) is 0 Å². The van der Waals surface area contributed by atoms with E-state index in [2.05, 4.69) is 10.0 Å². The van der Waals surface area contributed by atoms with Crippen LogP contribution >= 0.6 is 0 Å². The molecule has 0 saturated carbocycles. The molecule has 96 valence electrons. The van der Waals surface area contributed by atoms with Gasteiger partial charge in [0.1, 0.15) is 0 Å². The molecule has 0 bridgehead atoms. The molecule has 6 heteroatoms. The molecule has 0 saturated heterocycles. The molecule has 0 aromatic heterocycles. The molecule has 0 aliphatic carbocycles. The summed E-state index contributed by atoms with van der Waals surface area (Å²) in [7, 11) is -3.29. The van der Waals surface area contributed by atoms with Crippen LogP contribution in [0.2, 0.25) is 0 Å². The summed E-state index contributed by atoms with van der Waals surface area (Å²) in [5, 5.41) is 2.69. The number of hydrogen-bond acceptors (Lipinski definition) is 3. The number of amides is 1. The first-order valence-electron chi connectivity index (χ1n) is 5.68. The first-order valence-corrected chi connectivity index (χ1v) is 7.33. The fourth-order valence-corrected chi connectivity index (χ4v) is 2.17. The standard InChI is InChI=1S/C10H22N2O3S/c1-4-6-7-16(14,15)11-8-10(13)12-9(3)5-2/h9,11H,4-8H2,1-3H3,(H,12,13). The molecular formula is C10H22N2O3S. The summed E-state index contributed by atoms with van der Waals surface area (Å²) in [5.41, 5.74) is 0. The zero-order chi connectivity index (χ0) is 12.6. The second kappa shape index (κ2) is 7.62. The smallest absolute Gasteiger partial charge is 0.235 e. The lowest BCUT2D eigenvalue weighted by Gasteiger charge is -2.11. The third kappa shape index (κ3) is 7.64. The van der Waals surface area contributed by atoms with Gasteiger partial charge in [0.15, 0.2) is 0 Å². The van der Waals surface area contributed by atoms with Crippen molar-refractivity contribution in [2.24, 2.45) is 0 Å². The van der Waals surface area contributed by atoms with Crippen LogP contribution in [-0.4, -0.2) is 32.7 Å². The van der Waals surface area contributed by atoms with Gasteiger partial charge in [-0.2, -0.15) is 0 Å². The highest BCUT2D eigenvalue weighted by molar-refractivity contribution is 7.89. The molecule has 0 aliphatic heterocycles. The maximum atomic E-state index is 11.4. The summed E-state index contributed by atoms with van der Waals surface area (Å²) in [6.45, 7) is 5.58. The normalized spacial score (nSPS) is 13.4. The van der Waals surface area contributed by atoms with E-state index >= 15 is 0 Å². The second-order valence-corrected chi connectivity index (χ2v) is 5.80. The molecule has 16 heavy (non-hydrogen) atoms. The number of carbonyl (C=O) groups is 1. The van der Waals surface area contributed by atoms with Crippen molar-refractivity contribution in [3.63, 3.8) is 0 Å². The van der Waals surface area contributed by atoms with Gasteiger partial charge in [-0.05, 0) is 19.8 Å². The summed E-state index contributed by atoms with van der Waals surface area (Å²) in [4.78, 5) is 11.3. The monoisotopic (exact) mass is 250 g/mol. The molecule has 0 heterocycles. The number of carbonyl (C=O) groups excluding carboxylic acids is 1. The fraction of sp³-hybridized carbons (Fsp3) is 0.900. The van der Waals surface area contributed by atoms with Crippen molar-refractivity contribution >= 4 is 15.9 Å². The Bertz CT molecular complexity index is 301. The summed E-state index contributed by atoms with van der Waals surface area (Å²) in [6.07, 6.45) is 2.26. The van der Waals surface area contributed by atoms with E-state index in [0.717, 1.165) is 12.8 Å². The van der Waals surface area contributed by atoms with Crippen LogP contribution in [0.5, 0.6) is 0 Å². The van der Waals surface area contributed by atoms with Gasteiger partial charge in [-0.15, -0.1) is 0 Å². The van der Waals surface area contributed by atoms with E-state index in [0.29, 0.717) is 6.42 Å². The third-order valence-corrected chi connectivity index (χ3v) is 3.65. The second-order valence-electron chi connectivity index (χ2n) is 3.87. The number of rotatable bonds is 8. The minimum atomic E-state index is -3.29. The Morgan fingerprint density at radius 2 is 1.94 bits per heavy atom. The molecule has 0 spiro atoms. The SMILES string of the molecule is CCCCS(=O)(=O)NCC(=O)NC(C)CC. The molecule has 1 atom stereocenters. The Labute approximate surface area is 98.0 Å². The zero-order valence-corrected chi connectivity index (χ0v) is 11.1. The van der Waals surface area contributed by atoms with E-state index in [9.17, 15) is 13.2 Å².